The summed E-state index contributed by atoms with van der Waals surface area (Å²) < 4.78 is 6.06. The van der Waals surface area contributed by atoms with Gasteiger partial charge in [0.25, 0.3) is 0 Å². The quantitative estimate of drug-likeness (QED) is 0.707. The number of hydrogen-bond donors (Lipinski definition) is 1. The number of esters is 1. The molecule has 3 nitrogen and oxygen atoms in total. The smallest absolute Gasteiger partial charge is 0.338 e. The zero-order chi connectivity index (χ0) is 19.3. The van der Waals surface area contributed by atoms with Gasteiger partial charge in [-0.2, -0.15) is 0 Å². The van der Waals surface area contributed by atoms with Crippen molar-refractivity contribution in [1.29, 1.82) is 0 Å². The molecule has 0 saturated heterocycles. The first kappa shape index (κ1) is 17.8. The summed E-state index contributed by atoms with van der Waals surface area (Å²) in [5.74, 6) is 2.06. The van der Waals surface area contributed by atoms with Crippen LogP contribution in [-0.2, 0) is 11.2 Å². The van der Waals surface area contributed by atoms with Crippen LogP contribution in [0.2, 0.25) is 0 Å². The Labute approximate surface area is 166 Å². The Bertz CT molecular complexity index is 890. The number of ether oxygens (including phenoxy) is 1. The summed E-state index contributed by atoms with van der Waals surface area (Å²) >= 11 is 0. The molecule has 3 aliphatic carbocycles. The first-order valence-corrected chi connectivity index (χ1v) is 10.6. The van der Waals surface area contributed by atoms with Gasteiger partial charge in [-0.1, -0.05) is 31.2 Å². The molecule has 2 aromatic rings. The van der Waals surface area contributed by atoms with Crippen LogP contribution in [0.3, 0.4) is 0 Å². The zero-order valence-corrected chi connectivity index (χ0v) is 16.4. The highest BCUT2D eigenvalue weighted by Gasteiger charge is 2.56. The predicted octanol–water partition coefficient (Wildman–Crippen LogP) is 5.47. The third kappa shape index (κ3) is 2.75. The fraction of sp³-hybridized carbons (Fsp3) is 0.480. The number of carbonyl (C=O) groups excluding carboxylic acids is 1. The number of carbonyl (C=O) groups is 1. The molecule has 0 spiro atoms. The first-order valence-electron chi connectivity index (χ1n) is 10.6. The Hall–Kier alpha value is -2.29. The second kappa shape index (κ2) is 6.65. The van der Waals surface area contributed by atoms with Crippen molar-refractivity contribution < 1.29 is 14.6 Å². The number of phenolic OH excluding ortho intramolecular Hbond substituents is 1. The topological polar surface area (TPSA) is 46.5 Å². The van der Waals surface area contributed by atoms with Gasteiger partial charge in [0.05, 0.1) is 5.56 Å². The van der Waals surface area contributed by atoms with Crippen LogP contribution in [0.1, 0.15) is 66.4 Å². The molecule has 5 rings (SSSR count). The first-order chi connectivity index (χ1) is 13.6. The van der Waals surface area contributed by atoms with E-state index in [4.69, 9.17) is 4.74 Å². The van der Waals surface area contributed by atoms with Crippen molar-refractivity contribution in [3.63, 3.8) is 0 Å². The second-order valence-electron chi connectivity index (χ2n) is 9.18. The van der Waals surface area contributed by atoms with E-state index in [2.05, 4.69) is 13.0 Å². The van der Waals surface area contributed by atoms with Crippen molar-refractivity contribution in [2.75, 3.05) is 0 Å². The molecule has 2 saturated carbocycles. The molecule has 1 N–H and O–H groups in total. The molecule has 0 amide bonds. The van der Waals surface area contributed by atoms with Crippen LogP contribution in [0.15, 0.2) is 48.5 Å². The standard InChI is InChI=1S/C25H28O3/c1-25-14-13-20-19-10-8-18(26)15-17(19)7-9-21(20)22(25)11-12-23(25)28-24(27)16-5-3-2-4-6-16/h2-6,8,10,15,20-23,26H,7,9,11-14H2,1H3/t20-,21-,22+,23+,25+/m1/s1. The molecule has 2 aromatic carbocycles. The summed E-state index contributed by atoms with van der Waals surface area (Å²) in [6.07, 6.45) is 6.63. The fourth-order valence-electron chi connectivity index (χ4n) is 6.49. The SMILES string of the molecule is C[C@]12CC[C@@H]3c4ccc(O)cc4CC[C@H]3[C@@H]1CC[C@@H]2OC(=O)c1ccccc1. The molecular formula is C25H28O3. The van der Waals surface area contributed by atoms with Crippen molar-refractivity contribution >= 4 is 5.97 Å². The van der Waals surface area contributed by atoms with Gasteiger partial charge in [-0.25, -0.2) is 4.79 Å². The molecule has 3 heteroatoms. The lowest BCUT2D eigenvalue weighted by molar-refractivity contribution is -0.0427. The van der Waals surface area contributed by atoms with Crippen molar-refractivity contribution in [2.45, 2.75) is 57.5 Å². The predicted molar refractivity (Wildman–Crippen MR) is 108 cm³/mol. The summed E-state index contributed by atoms with van der Waals surface area (Å²) in [6.45, 7) is 2.36. The largest absolute Gasteiger partial charge is 0.508 e. The maximum Gasteiger partial charge on any atom is 0.338 e. The van der Waals surface area contributed by atoms with Crippen LogP contribution >= 0.6 is 0 Å². The van der Waals surface area contributed by atoms with Crippen molar-refractivity contribution in [3.05, 3.63) is 65.2 Å². The Kier molecular flexibility index (Phi) is 4.22. The molecule has 0 aromatic heterocycles. The minimum Gasteiger partial charge on any atom is -0.508 e. The summed E-state index contributed by atoms with van der Waals surface area (Å²) in [6, 6.07) is 15.3. The number of benzene rings is 2. The third-order valence-electron chi connectivity index (χ3n) is 7.88. The highest BCUT2D eigenvalue weighted by Crippen LogP contribution is 2.61. The van der Waals surface area contributed by atoms with E-state index in [0.717, 1.165) is 32.1 Å². The van der Waals surface area contributed by atoms with Gasteiger partial charge < -0.3 is 9.84 Å². The average Bonchev–Trinajstić information content (AvgIpc) is 3.04. The van der Waals surface area contributed by atoms with Gasteiger partial charge in [0.1, 0.15) is 11.9 Å². The van der Waals surface area contributed by atoms with Gasteiger partial charge in [-0.15, -0.1) is 0 Å². The second-order valence-corrected chi connectivity index (χ2v) is 9.18. The minimum absolute atomic E-state index is 0.0207. The number of rotatable bonds is 2. The summed E-state index contributed by atoms with van der Waals surface area (Å²) in [4.78, 5) is 12.6. The molecule has 0 unspecified atom stereocenters. The summed E-state index contributed by atoms with van der Waals surface area (Å²) in [5, 5.41) is 9.84. The zero-order valence-electron chi connectivity index (χ0n) is 16.4. The summed E-state index contributed by atoms with van der Waals surface area (Å²) in [7, 11) is 0. The average molecular weight is 376 g/mol. The molecule has 0 aliphatic heterocycles. The highest BCUT2D eigenvalue weighted by atomic mass is 16.5. The van der Waals surface area contributed by atoms with E-state index in [0.29, 0.717) is 29.1 Å². The Morgan fingerprint density at radius 1 is 1.07 bits per heavy atom. The number of aromatic hydroxyl groups is 1. The highest BCUT2D eigenvalue weighted by molar-refractivity contribution is 5.89. The molecule has 3 aliphatic rings. The molecule has 146 valence electrons. The number of aryl methyl sites for hydroxylation is 1. The Morgan fingerprint density at radius 2 is 1.89 bits per heavy atom. The third-order valence-corrected chi connectivity index (χ3v) is 7.88. The summed E-state index contributed by atoms with van der Waals surface area (Å²) in [5.41, 5.74) is 3.51. The van der Waals surface area contributed by atoms with Gasteiger partial charge in [-0.3, -0.25) is 0 Å². The maximum absolute atomic E-state index is 12.6. The molecule has 0 radical (unpaired) electrons. The number of fused-ring (bicyclic) bond motifs is 5. The molecule has 5 atom stereocenters. The van der Waals surface area contributed by atoms with Crippen LogP contribution in [-0.4, -0.2) is 17.2 Å². The van der Waals surface area contributed by atoms with Crippen LogP contribution in [0.25, 0.3) is 0 Å². The van der Waals surface area contributed by atoms with Crippen LogP contribution in [0.5, 0.6) is 5.75 Å². The molecular weight excluding hydrogens is 348 g/mol. The van der Waals surface area contributed by atoms with E-state index >= 15 is 0 Å². The lowest BCUT2D eigenvalue weighted by Crippen LogP contribution is -2.45. The van der Waals surface area contributed by atoms with E-state index in [-0.39, 0.29) is 17.5 Å². The van der Waals surface area contributed by atoms with Crippen molar-refractivity contribution in [3.8, 4) is 5.75 Å². The van der Waals surface area contributed by atoms with Gasteiger partial charge in [0, 0.05) is 5.41 Å². The van der Waals surface area contributed by atoms with Crippen LogP contribution in [0.4, 0.5) is 0 Å². The van der Waals surface area contributed by atoms with Gasteiger partial charge >= 0.3 is 5.97 Å². The Balaban J connectivity index is 1.37. The maximum atomic E-state index is 12.6. The van der Waals surface area contributed by atoms with E-state index in [1.165, 1.54) is 17.5 Å². The normalized spacial score (nSPS) is 33.5. The fourth-order valence-corrected chi connectivity index (χ4v) is 6.49. The molecule has 0 bridgehead atoms. The van der Waals surface area contributed by atoms with Gasteiger partial charge in [-0.05, 0) is 91.7 Å². The van der Waals surface area contributed by atoms with Gasteiger partial charge in [0.15, 0.2) is 0 Å². The number of phenols is 1. The van der Waals surface area contributed by atoms with Crippen molar-refractivity contribution in [2.24, 2.45) is 17.3 Å². The molecule has 28 heavy (non-hydrogen) atoms. The van der Waals surface area contributed by atoms with Crippen LogP contribution < -0.4 is 0 Å². The lowest BCUT2D eigenvalue weighted by Gasteiger charge is -2.50. The number of hydrogen-bond acceptors (Lipinski definition) is 3. The van der Waals surface area contributed by atoms with E-state index in [1.807, 2.05) is 42.5 Å². The van der Waals surface area contributed by atoms with E-state index in [9.17, 15) is 9.90 Å². The monoisotopic (exact) mass is 376 g/mol. The lowest BCUT2D eigenvalue weighted by atomic mass is 9.55. The van der Waals surface area contributed by atoms with Crippen LogP contribution in [0, 0.1) is 17.3 Å². The Morgan fingerprint density at radius 3 is 2.71 bits per heavy atom. The molecule has 2 fully saturated rings. The van der Waals surface area contributed by atoms with E-state index in [1.54, 1.807) is 0 Å². The van der Waals surface area contributed by atoms with E-state index < -0.39 is 0 Å². The van der Waals surface area contributed by atoms with Crippen molar-refractivity contribution in [1.82, 2.24) is 0 Å². The minimum atomic E-state index is -0.181. The van der Waals surface area contributed by atoms with Gasteiger partial charge in [0.2, 0.25) is 0 Å². The molecule has 0 heterocycles.